The lowest BCUT2D eigenvalue weighted by atomic mass is 9.94. The van der Waals surface area contributed by atoms with Crippen LogP contribution in [0.25, 0.3) is 0 Å². The van der Waals surface area contributed by atoms with Crippen molar-refractivity contribution in [3.63, 3.8) is 0 Å². The van der Waals surface area contributed by atoms with Crippen LogP contribution < -0.4 is 11.1 Å². The second-order valence-electron chi connectivity index (χ2n) is 5.49. The van der Waals surface area contributed by atoms with Crippen molar-refractivity contribution in [3.05, 3.63) is 21.9 Å². The molecule has 1 aromatic heterocycles. The molecule has 0 atom stereocenters. The van der Waals surface area contributed by atoms with Gasteiger partial charge in [0.1, 0.15) is 0 Å². The van der Waals surface area contributed by atoms with Crippen LogP contribution in [0.3, 0.4) is 0 Å². The summed E-state index contributed by atoms with van der Waals surface area (Å²) >= 11 is 1.56. The third-order valence-corrected chi connectivity index (χ3v) is 4.64. The number of aryl methyl sites for hydroxylation is 1. The average Bonchev–Trinajstić information content (AvgIpc) is 2.86. The van der Waals surface area contributed by atoms with Gasteiger partial charge in [0.2, 0.25) is 0 Å². The summed E-state index contributed by atoms with van der Waals surface area (Å²) < 4.78 is 5.82. The molecule has 0 saturated heterocycles. The first-order valence-electron chi connectivity index (χ1n) is 7.35. The number of nitrogens with two attached hydrogens (primary N) is 1. The van der Waals surface area contributed by atoms with Gasteiger partial charge in [0.05, 0.1) is 11.7 Å². The normalized spacial score (nSPS) is 22.7. The van der Waals surface area contributed by atoms with Gasteiger partial charge in [-0.25, -0.2) is 0 Å². The highest BCUT2D eigenvalue weighted by molar-refractivity contribution is 7.08. The maximum Gasteiger partial charge on any atom is 0.252 e. The molecule has 0 aromatic carbocycles. The highest BCUT2D eigenvalue weighted by Gasteiger charge is 2.18. The van der Waals surface area contributed by atoms with E-state index < -0.39 is 0 Å². The molecule has 1 heterocycles. The Labute approximate surface area is 124 Å². The molecule has 0 unspecified atom stereocenters. The highest BCUT2D eigenvalue weighted by atomic mass is 32.1. The SMILES string of the molecule is Cc1cscc1C(=O)NCCCOC1CCC(N)CC1. The van der Waals surface area contributed by atoms with E-state index in [2.05, 4.69) is 5.32 Å². The number of hydrogen-bond donors (Lipinski definition) is 2. The summed E-state index contributed by atoms with van der Waals surface area (Å²) in [4.78, 5) is 11.9. The summed E-state index contributed by atoms with van der Waals surface area (Å²) in [7, 11) is 0. The van der Waals surface area contributed by atoms with Gasteiger partial charge >= 0.3 is 0 Å². The predicted octanol–water partition coefficient (Wildman–Crippen LogP) is 2.46. The average molecular weight is 296 g/mol. The van der Waals surface area contributed by atoms with Crippen molar-refractivity contribution in [2.24, 2.45) is 5.73 Å². The maximum absolute atomic E-state index is 11.9. The topological polar surface area (TPSA) is 64.3 Å². The van der Waals surface area contributed by atoms with Crippen molar-refractivity contribution < 1.29 is 9.53 Å². The van der Waals surface area contributed by atoms with Crippen LogP contribution in [0.1, 0.15) is 48.0 Å². The zero-order chi connectivity index (χ0) is 14.4. The highest BCUT2D eigenvalue weighted by Crippen LogP contribution is 2.19. The second-order valence-corrected chi connectivity index (χ2v) is 6.23. The van der Waals surface area contributed by atoms with Gasteiger partial charge < -0.3 is 15.8 Å². The molecule has 0 radical (unpaired) electrons. The Morgan fingerprint density at radius 2 is 2.15 bits per heavy atom. The van der Waals surface area contributed by atoms with Gasteiger partial charge in [-0.2, -0.15) is 11.3 Å². The molecule has 1 aliphatic carbocycles. The number of carbonyl (C=O) groups is 1. The number of thiophene rings is 1. The molecule has 1 fully saturated rings. The van der Waals surface area contributed by atoms with Gasteiger partial charge in [0, 0.05) is 24.6 Å². The molecular weight excluding hydrogens is 272 g/mol. The second kappa shape index (κ2) is 7.76. The quantitative estimate of drug-likeness (QED) is 0.793. The van der Waals surface area contributed by atoms with Crippen LogP contribution >= 0.6 is 11.3 Å². The number of carbonyl (C=O) groups excluding carboxylic acids is 1. The van der Waals surface area contributed by atoms with Crippen LogP contribution in [-0.4, -0.2) is 31.2 Å². The van der Waals surface area contributed by atoms with Crippen molar-refractivity contribution in [1.29, 1.82) is 0 Å². The molecule has 2 rings (SSSR count). The molecule has 0 aliphatic heterocycles. The molecule has 1 amide bonds. The summed E-state index contributed by atoms with van der Waals surface area (Å²) in [5, 5.41) is 6.83. The monoisotopic (exact) mass is 296 g/mol. The minimum Gasteiger partial charge on any atom is -0.378 e. The van der Waals surface area contributed by atoms with Crippen molar-refractivity contribution in [2.45, 2.75) is 51.2 Å². The van der Waals surface area contributed by atoms with Crippen molar-refractivity contribution in [2.75, 3.05) is 13.2 Å². The third kappa shape index (κ3) is 4.58. The van der Waals surface area contributed by atoms with E-state index in [1.807, 2.05) is 17.7 Å². The number of rotatable bonds is 6. The maximum atomic E-state index is 11.9. The Kier molecular flexibility index (Phi) is 6.01. The van der Waals surface area contributed by atoms with Gasteiger partial charge in [-0.1, -0.05) is 0 Å². The van der Waals surface area contributed by atoms with Gasteiger partial charge in [0.15, 0.2) is 0 Å². The Hall–Kier alpha value is -0.910. The number of amides is 1. The fourth-order valence-corrected chi connectivity index (χ4v) is 3.30. The van der Waals surface area contributed by atoms with Gasteiger partial charge in [-0.05, 0) is 50.0 Å². The summed E-state index contributed by atoms with van der Waals surface area (Å²) in [6.45, 7) is 3.34. The minimum atomic E-state index is 0.0207. The van der Waals surface area contributed by atoms with E-state index in [9.17, 15) is 4.79 Å². The number of hydrogen-bond acceptors (Lipinski definition) is 4. The smallest absolute Gasteiger partial charge is 0.252 e. The molecule has 0 spiro atoms. The lowest BCUT2D eigenvalue weighted by Gasteiger charge is -2.26. The zero-order valence-electron chi connectivity index (χ0n) is 12.1. The Balaban J connectivity index is 1.56. The Bertz CT molecular complexity index is 425. The molecule has 3 N–H and O–H groups in total. The van der Waals surface area contributed by atoms with E-state index in [1.54, 1.807) is 11.3 Å². The Morgan fingerprint density at radius 1 is 1.40 bits per heavy atom. The van der Waals surface area contributed by atoms with E-state index in [-0.39, 0.29) is 5.91 Å². The molecule has 4 nitrogen and oxygen atoms in total. The van der Waals surface area contributed by atoms with Gasteiger partial charge in [-0.15, -0.1) is 0 Å². The fraction of sp³-hybridized carbons (Fsp3) is 0.667. The molecule has 5 heteroatoms. The lowest BCUT2D eigenvalue weighted by molar-refractivity contribution is 0.0241. The van der Waals surface area contributed by atoms with E-state index >= 15 is 0 Å². The van der Waals surface area contributed by atoms with Crippen LogP contribution in [0, 0.1) is 6.92 Å². The summed E-state index contributed by atoms with van der Waals surface area (Å²) in [5.74, 6) is 0.0207. The van der Waals surface area contributed by atoms with Crippen molar-refractivity contribution in [3.8, 4) is 0 Å². The van der Waals surface area contributed by atoms with E-state index in [1.165, 1.54) is 0 Å². The van der Waals surface area contributed by atoms with Crippen LogP contribution in [0.4, 0.5) is 0 Å². The first kappa shape index (κ1) is 15.5. The van der Waals surface area contributed by atoms with Crippen LogP contribution in [0.2, 0.25) is 0 Å². The summed E-state index contributed by atoms with van der Waals surface area (Å²) in [6.07, 6.45) is 5.50. The first-order chi connectivity index (χ1) is 9.66. The first-order valence-corrected chi connectivity index (χ1v) is 8.29. The standard InChI is InChI=1S/C15H24N2O2S/c1-11-9-20-10-14(11)15(18)17-7-2-8-19-13-5-3-12(16)4-6-13/h9-10,12-13H,2-8,16H2,1H3,(H,17,18). The molecular formula is C15H24N2O2S. The molecule has 1 saturated carbocycles. The largest absolute Gasteiger partial charge is 0.378 e. The fourth-order valence-electron chi connectivity index (χ4n) is 2.47. The molecule has 1 aromatic rings. The Morgan fingerprint density at radius 3 is 2.80 bits per heavy atom. The van der Waals surface area contributed by atoms with Gasteiger partial charge in [-0.3, -0.25) is 4.79 Å². The van der Waals surface area contributed by atoms with Crippen LogP contribution in [0.15, 0.2) is 10.8 Å². The molecule has 0 bridgehead atoms. The summed E-state index contributed by atoms with van der Waals surface area (Å²) in [5.41, 5.74) is 7.70. The third-order valence-electron chi connectivity index (χ3n) is 3.78. The van der Waals surface area contributed by atoms with E-state index in [0.717, 1.165) is 43.2 Å². The van der Waals surface area contributed by atoms with E-state index in [0.29, 0.717) is 25.3 Å². The van der Waals surface area contributed by atoms with Crippen LogP contribution in [-0.2, 0) is 4.74 Å². The molecule has 112 valence electrons. The van der Waals surface area contributed by atoms with E-state index in [4.69, 9.17) is 10.5 Å². The minimum absolute atomic E-state index is 0.0207. The predicted molar refractivity (Wildman–Crippen MR) is 82.2 cm³/mol. The van der Waals surface area contributed by atoms with Gasteiger partial charge in [0.25, 0.3) is 5.91 Å². The van der Waals surface area contributed by atoms with Crippen molar-refractivity contribution in [1.82, 2.24) is 5.32 Å². The molecule has 20 heavy (non-hydrogen) atoms. The van der Waals surface area contributed by atoms with Crippen LogP contribution in [0.5, 0.6) is 0 Å². The van der Waals surface area contributed by atoms with Crippen molar-refractivity contribution >= 4 is 17.2 Å². The number of nitrogens with one attached hydrogen (secondary N) is 1. The summed E-state index contributed by atoms with van der Waals surface area (Å²) in [6, 6.07) is 0.364. The number of ether oxygens (including phenoxy) is 1. The molecule has 1 aliphatic rings. The zero-order valence-corrected chi connectivity index (χ0v) is 12.9. The lowest BCUT2D eigenvalue weighted by Crippen LogP contribution is -2.31.